The summed E-state index contributed by atoms with van der Waals surface area (Å²) in [5.74, 6) is 0. The second-order valence-electron chi connectivity index (χ2n) is 3.88. The van der Waals surface area contributed by atoms with Crippen LogP contribution in [0.2, 0.25) is 0 Å². The number of nitrogens with two attached hydrogens (primary N) is 1. The van der Waals surface area contributed by atoms with Gasteiger partial charge in [0.05, 0.1) is 5.69 Å². The molecule has 0 aliphatic carbocycles. The molecular weight excluding hydrogens is 254 g/mol. The average Bonchev–Trinajstić information content (AvgIpc) is 2.43. The molecule has 2 aromatic heterocycles. The van der Waals surface area contributed by atoms with E-state index in [9.17, 15) is 0 Å². The minimum atomic E-state index is 0.158. The molecule has 1 atom stereocenters. The Labute approximate surface area is 97.4 Å². The summed E-state index contributed by atoms with van der Waals surface area (Å²) in [5, 5.41) is 0. The Hall–Kier alpha value is -0.870. The zero-order valence-electron chi connectivity index (χ0n) is 8.87. The fraction of sp³-hybridized carbons (Fsp3) is 0.364. The number of nitrogens with zero attached hydrogens (tertiary/aromatic N) is 2. The van der Waals surface area contributed by atoms with Crippen molar-refractivity contribution in [1.82, 2.24) is 9.38 Å². The van der Waals surface area contributed by atoms with Gasteiger partial charge in [0.15, 0.2) is 0 Å². The molecular formula is C11H14BrN3. The Morgan fingerprint density at radius 3 is 2.93 bits per heavy atom. The molecule has 0 spiro atoms. The fourth-order valence-corrected chi connectivity index (χ4v) is 2.22. The van der Waals surface area contributed by atoms with Crippen LogP contribution in [0.15, 0.2) is 22.8 Å². The molecule has 0 saturated carbocycles. The third-order valence-electron chi connectivity index (χ3n) is 2.36. The molecule has 0 bridgehead atoms. The minimum absolute atomic E-state index is 0.158. The largest absolute Gasteiger partial charge is 0.328 e. The van der Waals surface area contributed by atoms with Crippen molar-refractivity contribution in [3.05, 3.63) is 34.2 Å². The Balaban J connectivity index is 2.63. The smallest absolute Gasteiger partial charge is 0.138 e. The quantitative estimate of drug-likeness (QED) is 0.908. The van der Waals surface area contributed by atoms with E-state index in [1.807, 2.05) is 26.0 Å². The van der Waals surface area contributed by atoms with E-state index in [1.54, 1.807) is 0 Å². The standard InChI is InChI=1S/C11H14BrN3/c1-7(13)6-9-4-3-5-10-14-8(2)11(12)15(9)10/h3-5,7H,6,13H2,1-2H3. The normalized spacial score (nSPS) is 13.3. The maximum atomic E-state index is 5.82. The lowest BCUT2D eigenvalue weighted by molar-refractivity contribution is 0.712. The molecule has 2 rings (SSSR count). The second-order valence-corrected chi connectivity index (χ2v) is 4.63. The summed E-state index contributed by atoms with van der Waals surface area (Å²) < 4.78 is 3.13. The zero-order valence-corrected chi connectivity index (χ0v) is 10.5. The summed E-state index contributed by atoms with van der Waals surface area (Å²) in [6, 6.07) is 6.27. The van der Waals surface area contributed by atoms with Gasteiger partial charge in [-0.15, -0.1) is 0 Å². The monoisotopic (exact) mass is 267 g/mol. The van der Waals surface area contributed by atoms with Crippen LogP contribution >= 0.6 is 15.9 Å². The van der Waals surface area contributed by atoms with Crippen molar-refractivity contribution in [2.45, 2.75) is 26.3 Å². The first-order chi connectivity index (χ1) is 7.09. The van der Waals surface area contributed by atoms with Crippen LogP contribution in [-0.4, -0.2) is 15.4 Å². The van der Waals surface area contributed by atoms with Crippen LogP contribution in [0.1, 0.15) is 18.3 Å². The third kappa shape index (κ3) is 1.92. The number of aromatic nitrogens is 2. The topological polar surface area (TPSA) is 43.3 Å². The first-order valence-electron chi connectivity index (χ1n) is 4.97. The van der Waals surface area contributed by atoms with Gasteiger partial charge in [0.2, 0.25) is 0 Å². The van der Waals surface area contributed by atoms with Gasteiger partial charge in [0, 0.05) is 18.2 Å². The van der Waals surface area contributed by atoms with Crippen LogP contribution in [0.4, 0.5) is 0 Å². The number of fused-ring (bicyclic) bond motifs is 1. The summed E-state index contributed by atoms with van der Waals surface area (Å²) in [6.45, 7) is 4.00. The van der Waals surface area contributed by atoms with Crippen LogP contribution in [0, 0.1) is 6.92 Å². The van der Waals surface area contributed by atoms with Crippen molar-refractivity contribution >= 4 is 21.6 Å². The number of hydrogen-bond donors (Lipinski definition) is 1. The van der Waals surface area contributed by atoms with E-state index in [1.165, 1.54) is 5.69 Å². The second kappa shape index (κ2) is 3.94. The number of halogens is 1. The van der Waals surface area contributed by atoms with Crippen molar-refractivity contribution < 1.29 is 0 Å². The number of imidazole rings is 1. The highest BCUT2D eigenvalue weighted by molar-refractivity contribution is 9.10. The summed E-state index contributed by atoms with van der Waals surface area (Å²) in [5.41, 5.74) is 8.99. The molecule has 0 aromatic carbocycles. The predicted molar refractivity (Wildman–Crippen MR) is 65.0 cm³/mol. The maximum Gasteiger partial charge on any atom is 0.138 e. The summed E-state index contributed by atoms with van der Waals surface area (Å²) in [4.78, 5) is 4.46. The molecule has 3 nitrogen and oxygen atoms in total. The lowest BCUT2D eigenvalue weighted by Crippen LogP contribution is -2.19. The van der Waals surface area contributed by atoms with Crippen LogP contribution in [-0.2, 0) is 6.42 Å². The maximum absolute atomic E-state index is 5.82. The summed E-state index contributed by atoms with van der Waals surface area (Å²) in [7, 11) is 0. The van der Waals surface area contributed by atoms with E-state index in [4.69, 9.17) is 5.73 Å². The molecule has 0 aliphatic rings. The van der Waals surface area contributed by atoms with E-state index in [0.29, 0.717) is 0 Å². The molecule has 0 amide bonds. The Kier molecular flexibility index (Phi) is 2.80. The molecule has 2 aromatic rings. The molecule has 0 radical (unpaired) electrons. The van der Waals surface area contributed by atoms with Crippen molar-refractivity contribution in [2.75, 3.05) is 0 Å². The lowest BCUT2D eigenvalue weighted by atomic mass is 10.2. The third-order valence-corrected chi connectivity index (χ3v) is 3.29. The molecule has 0 fully saturated rings. The van der Waals surface area contributed by atoms with Gasteiger partial charge in [-0.25, -0.2) is 4.98 Å². The Morgan fingerprint density at radius 2 is 2.27 bits per heavy atom. The predicted octanol–water partition coefficient (Wildman–Crippen LogP) is 2.29. The zero-order chi connectivity index (χ0) is 11.0. The van der Waals surface area contributed by atoms with Gasteiger partial charge >= 0.3 is 0 Å². The molecule has 2 heterocycles. The van der Waals surface area contributed by atoms with Crippen molar-refractivity contribution in [3.8, 4) is 0 Å². The molecule has 2 N–H and O–H groups in total. The van der Waals surface area contributed by atoms with Crippen LogP contribution in [0.25, 0.3) is 5.65 Å². The number of pyridine rings is 1. The van der Waals surface area contributed by atoms with Crippen molar-refractivity contribution in [1.29, 1.82) is 0 Å². The van der Waals surface area contributed by atoms with Gasteiger partial charge in [-0.2, -0.15) is 0 Å². The van der Waals surface area contributed by atoms with E-state index in [2.05, 4.69) is 31.4 Å². The SMILES string of the molecule is Cc1nc2cccc(CC(C)N)n2c1Br. The number of aryl methyl sites for hydroxylation is 1. The molecule has 4 heteroatoms. The van der Waals surface area contributed by atoms with Gasteiger partial charge in [0.1, 0.15) is 10.3 Å². The summed E-state index contributed by atoms with van der Waals surface area (Å²) in [6.07, 6.45) is 0.853. The Bertz CT molecular complexity index is 488. The van der Waals surface area contributed by atoms with E-state index in [-0.39, 0.29) is 6.04 Å². The van der Waals surface area contributed by atoms with E-state index < -0.39 is 0 Å². The lowest BCUT2D eigenvalue weighted by Gasteiger charge is -2.08. The van der Waals surface area contributed by atoms with Gasteiger partial charge in [-0.05, 0) is 41.9 Å². The highest BCUT2D eigenvalue weighted by atomic mass is 79.9. The minimum Gasteiger partial charge on any atom is -0.328 e. The molecule has 0 aliphatic heterocycles. The average molecular weight is 268 g/mol. The fourth-order valence-electron chi connectivity index (χ4n) is 1.72. The van der Waals surface area contributed by atoms with Crippen molar-refractivity contribution in [3.63, 3.8) is 0 Å². The number of hydrogen-bond acceptors (Lipinski definition) is 2. The highest BCUT2D eigenvalue weighted by Gasteiger charge is 2.09. The van der Waals surface area contributed by atoms with Crippen LogP contribution < -0.4 is 5.73 Å². The van der Waals surface area contributed by atoms with Crippen molar-refractivity contribution in [2.24, 2.45) is 5.73 Å². The van der Waals surface area contributed by atoms with Gasteiger partial charge in [0.25, 0.3) is 0 Å². The number of rotatable bonds is 2. The summed E-state index contributed by atoms with van der Waals surface area (Å²) >= 11 is 3.55. The molecule has 15 heavy (non-hydrogen) atoms. The molecule has 1 unspecified atom stereocenters. The first-order valence-corrected chi connectivity index (χ1v) is 5.77. The molecule has 80 valence electrons. The van der Waals surface area contributed by atoms with Gasteiger partial charge < -0.3 is 5.73 Å². The van der Waals surface area contributed by atoms with Gasteiger partial charge in [-0.1, -0.05) is 6.07 Å². The first kappa shape index (κ1) is 10.6. The van der Waals surface area contributed by atoms with Crippen LogP contribution in [0.5, 0.6) is 0 Å². The highest BCUT2D eigenvalue weighted by Crippen LogP contribution is 2.20. The van der Waals surface area contributed by atoms with Gasteiger partial charge in [-0.3, -0.25) is 4.40 Å². The van der Waals surface area contributed by atoms with E-state index in [0.717, 1.165) is 22.4 Å². The Morgan fingerprint density at radius 1 is 1.53 bits per heavy atom. The van der Waals surface area contributed by atoms with E-state index >= 15 is 0 Å². The molecule has 0 saturated heterocycles. The van der Waals surface area contributed by atoms with Crippen LogP contribution in [0.3, 0.4) is 0 Å².